The van der Waals surface area contributed by atoms with Crippen molar-refractivity contribution in [1.29, 1.82) is 0 Å². The number of ether oxygens (including phenoxy) is 3. The third-order valence-corrected chi connectivity index (χ3v) is 6.01. The molecule has 1 amide bonds. The number of halogens is 1. The predicted octanol–water partition coefficient (Wildman–Crippen LogP) is 2.70. The molecule has 2 aromatic carbocycles. The average molecular weight is 470 g/mol. The number of aromatic nitrogens is 3. The zero-order chi connectivity index (χ0) is 24.2. The van der Waals surface area contributed by atoms with E-state index in [-0.39, 0.29) is 11.7 Å². The van der Waals surface area contributed by atoms with Gasteiger partial charge in [0.1, 0.15) is 5.82 Å². The highest BCUT2D eigenvalue weighted by molar-refractivity contribution is 5.93. The molecule has 0 spiro atoms. The highest BCUT2D eigenvalue weighted by Crippen LogP contribution is 2.40. The van der Waals surface area contributed by atoms with Gasteiger partial charge in [-0.2, -0.15) is 0 Å². The van der Waals surface area contributed by atoms with Crippen LogP contribution in [0.2, 0.25) is 0 Å². The maximum Gasteiger partial charge on any atom is 0.276 e. The summed E-state index contributed by atoms with van der Waals surface area (Å²) >= 11 is 0. The van der Waals surface area contributed by atoms with Crippen LogP contribution in [-0.4, -0.2) is 78.2 Å². The van der Waals surface area contributed by atoms with Gasteiger partial charge in [-0.15, -0.1) is 5.10 Å². The van der Waals surface area contributed by atoms with E-state index in [1.807, 2.05) is 12.1 Å². The van der Waals surface area contributed by atoms with Gasteiger partial charge in [0.25, 0.3) is 5.91 Å². The summed E-state index contributed by atoms with van der Waals surface area (Å²) in [4.78, 5) is 17.2. The van der Waals surface area contributed by atoms with E-state index in [1.165, 1.54) is 12.1 Å². The number of hydrogen-bond donors (Lipinski definition) is 0. The van der Waals surface area contributed by atoms with E-state index < -0.39 is 0 Å². The van der Waals surface area contributed by atoms with E-state index in [2.05, 4.69) is 15.2 Å². The molecular weight excluding hydrogens is 441 g/mol. The molecule has 34 heavy (non-hydrogen) atoms. The maximum absolute atomic E-state index is 13.2. The minimum atomic E-state index is -0.332. The topological polar surface area (TPSA) is 82.0 Å². The number of methoxy groups -OCH3 is 3. The Kier molecular flexibility index (Phi) is 6.97. The summed E-state index contributed by atoms with van der Waals surface area (Å²) in [6, 6.07) is 9.74. The second-order valence-electron chi connectivity index (χ2n) is 7.97. The largest absolute Gasteiger partial charge is 0.493 e. The Morgan fingerprint density at radius 1 is 0.941 bits per heavy atom. The molecule has 0 atom stereocenters. The second kappa shape index (κ2) is 10.1. The van der Waals surface area contributed by atoms with Crippen LogP contribution in [0.5, 0.6) is 17.2 Å². The summed E-state index contributed by atoms with van der Waals surface area (Å²) in [5.41, 5.74) is 2.56. The first-order valence-corrected chi connectivity index (χ1v) is 10.9. The van der Waals surface area contributed by atoms with E-state index >= 15 is 0 Å². The first kappa shape index (κ1) is 23.5. The lowest BCUT2D eigenvalue weighted by atomic mass is 10.1. The van der Waals surface area contributed by atoms with Crippen LogP contribution < -0.4 is 14.2 Å². The van der Waals surface area contributed by atoms with Crippen molar-refractivity contribution in [2.45, 2.75) is 13.5 Å². The van der Waals surface area contributed by atoms with E-state index in [9.17, 15) is 9.18 Å². The molecule has 9 nitrogen and oxygen atoms in total. The molecule has 0 N–H and O–H groups in total. The van der Waals surface area contributed by atoms with Crippen LogP contribution in [-0.2, 0) is 6.54 Å². The van der Waals surface area contributed by atoms with Crippen molar-refractivity contribution < 1.29 is 23.4 Å². The molecule has 0 unspecified atom stereocenters. The number of piperazine rings is 1. The molecule has 0 radical (unpaired) electrons. The highest BCUT2D eigenvalue weighted by Gasteiger charge is 2.27. The summed E-state index contributed by atoms with van der Waals surface area (Å²) in [6.07, 6.45) is 0. The molecule has 1 aromatic heterocycles. The predicted molar refractivity (Wildman–Crippen MR) is 123 cm³/mol. The minimum Gasteiger partial charge on any atom is -0.493 e. The van der Waals surface area contributed by atoms with Gasteiger partial charge in [-0.1, -0.05) is 11.3 Å². The van der Waals surface area contributed by atoms with Gasteiger partial charge in [0.15, 0.2) is 17.2 Å². The van der Waals surface area contributed by atoms with Gasteiger partial charge in [0, 0.05) is 38.3 Å². The van der Waals surface area contributed by atoms with Crippen LogP contribution >= 0.6 is 0 Å². The molecular formula is C24H28FN5O4. The van der Waals surface area contributed by atoms with E-state index in [1.54, 1.807) is 50.0 Å². The Morgan fingerprint density at radius 3 is 2.24 bits per heavy atom. The molecule has 1 fully saturated rings. The molecule has 0 aliphatic carbocycles. The minimum absolute atomic E-state index is 0.158. The Morgan fingerprint density at radius 2 is 1.62 bits per heavy atom. The second-order valence-corrected chi connectivity index (χ2v) is 7.97. The molecule has 1 aliphatic heterocycles. The first-order chi connectivity index (χ1) is 16.5. The zero-order valence-electron chi connectivity index (χ0n) is 19.7. The molecule has 4 rings (SSSR count). The van der Waals surface area contributed by atoms with Crippen LogP contribution in [0.3, 0.4) is 0 Å². The van der Waals surface area contributed by atoms with Crippen LogP contribution in [0.4, 0.5) is 4.39 Å². The Labute approximate surface area is 197 Å². The van der Waals surface area contributed by atoms with Gasteiger partial charge in [0.2, 0.25) is 5.75 Å². The zero-order valence-corrected chi connectivity index (χ0v) is 19.7. The first-order valence-electron chi connectivity index (χ1n) is 10.9. The Hall–Kier alpha value is -3.66. The fourth-order valence-corrected chi connectivity index (χ4v) is 4.14. The molecule has 10 heteroatoms. The van der Waals surface area contributed by atoms with Crippen molar-refractivity contribution in [3.8, 4) is 22.9 Å². The van der Waals surface area contributed by atoms with Crippen molar-refractivity contribution in [2.75, 3.05) is 47.5 Å². The number of hydrogen-bond acceptors (Lipinski definition) is 7. The van der Waals surface area contributed by atoms with Crippen molar-refractivity contribution in [2.24, 2.45) is 0 Å². The lowest BCUT2D eigenvalue weighted by Crippen LogP contribution is -2.48. The smallest absolute Gasteiger partial charge is 0.276 e. The van der Waals surface area contributed by atoms with E-state index in [0.29, 0.717) is 67.0 Å². The lowest BCUT2D eigenvalue weighted by Gasteiger charge is -2.34. The van der Waals surface area contributed by atoms with Crippen molar-refractivity contribution >= 4 is 5.91 Å². The van der Waals surface area contributed by atoms with Crippen LogP contribution in [0.1, 0.15) is 21.7 Å². The fourth-order valence-electron chi connectivity index (χ4n) is 4.14. The lowest BCUT2D eigenvalue weighted by molar-refractivity contribution is 0.0620. The van der Waals surface area contributed by atoms with Gasteiger partial charge < -0.3 is 19.1 Å². The summed E-state index contributed by atoms with van der Waals surface area (Å²) in [5.74, 6) is 1.34. The summed E-state index contributed by atoms with van der Waals surface area (Å²) in [7, 11) is 4.79. The molecule has 3 aromatic rings. The Balaban J connectivity index is 1.42. The number of carbonyl (C=O) groups is 1. The van der Waals surface area contributed by atoms with Gasteiger partial charge >= 0.3 is 0 Å². The normalized spacial score (nSPS) is 14.2. The molecule has 0 saturated carbocycles. The third kappa shape index (κ3) is 4.54. The number of amides is 1. The number of rotatable bonds is 7. The number of carbonyl (C=O) groups excluding carboxylic acids is 1. The third-order valence-electron chi connectivity index (χ3n) is 6.01. The molecule has 180 valence electrons. The van der Waals surface area contributed by atoms with E-state index in [4.69, 9.17) is 14.2 Å². The fraction of sp³-hybridized carbons (Fsp3) is 0.375. The van der Waals surface area contributed by atoms with Crippen molar-refractivity contribution in [1.82, 2.24) is 24.8 Å². The SMILES string of the molecule is COc1ccc(CN2CCN(C(=O)c3nnn(-c4ccc(F)cc4)c3C)CC2)c(OC)c1OC. The molecule has 1 saturated heterocycles. The molecule has 1 aliphatic rings. The monoisotopic (exact) mass is 469 g/mol. The summed E-state index contributed by atoms with van der Waals surface area (Å²) < 4.78 is 31.2. The van der Waals surface area contributed by atoms with Crippen LogP contribution in [0.15, 0.2) is 36.4 Å². The van der Waals surface area contributed by atoms with Gasteiger partial charge in [-0.05, 0) is 37.3 Å². The number of nitrogens with zero attached hydrogens (tertiary/aromatic N) is 5. The number of benzene rings is 2. The Bertz CT molecular complexity index is 1160. The average Bonchev–Trinajstić information content (AvgIpc) is 3.25. The highest BCUT2D eigenvalue weighted by atomic mass is 19.1. The van der Waals surface area contributed by atoms with Crippen LogP contribution in [0, 0.1) is 12.7 Å². The summed E-state index contributed by atoms with van der Waals surface area (Å²) in [6.45, 7) is 4.98. The van der Waals surface area contributed by atoms with Crippen LogP contribution in [0.25, 0.3) is 5.69 Å². The van der Waals surface area contributed by atoms with E-state index in [0.717, 1.165) is 5.56 Å². The van der Waals surface area contributed by atoms with Gasteiger partial charge in [0.05, 0.1) is 32.7 Å². The molecule has 2 heterocycles. The van der Waals surface area contributed by atoms with Gasteiger partial charge in [-0.25, -0.2) is 9.07 Å². The maximum atomic E-state index is 13.2. The quantitative estimate of drug-likeness (QED) is 0.526. The van der Waals surface area contributed by atoms with Gasteiger partial charge in [-0.3, -0.25) is 9.69 Å². The van der Waals surface area contributed by atoms with Crippen molar-refractivity contribution in [3.63, 3.8) is 0 Å². The summed E-state index contributed by atoms with van der Waals surface area (Å²) in [5, 5.41) is 8.21. The molecule has 0 bridgehead atoms. The van der Waals surface area contributed by atoms with Crippen molar-refractivity contribution in [3.05, 3.63) is 59.2 Å². The standard InChI is InChI=1S/C24H28FN5O4/c1-16-21(26-27-30(16)19-8-6-18(25)7-9-19)24(31)29-13-11-28(12-14-29)15-17-5-10-20(32-2)23(34-4)22(17)33-3/h5-10H,11-15H2,1-4H3.